The van der Waals surface area contributed by atoms with Crippen LogP contribution in [-0.2, 0) is 0 Å². The predicted molar refractivity (Wildman–Crippen MR) is 76.7 cm³/mol. The first-order valence-corrected chi connectivity index (χ1v) is 6.47. The lowest BCUT2D eigenvalue weighted by Gasteiger charge is -2.26. The van der Waals surface area contributed by atoms with Crippen molar-refractivity contribution in [3.8, 4) is 0 Å². The molecule has 1 aromatic rings. The van der Waals surface area contributed by atoms with Gasteiger partial charge in [-0.15, -0.1) is 0 Å². The molecule has 1 rings (SSSR count). The minimum absolute atomic E-state index is 0.0571. The number of hydrogen-bond donors (Lipinski definition) is 3. The molecule has 0 radical (unpaired) electrons. The average Bonchev–Trinajstić information content (AvgIpc) is 2.26. The summed E-state index contributed by atoms with van der Waals surface area (Å²) < 4.78 is 0. The van der Waals surface area contributed by atoms with Crippen molar-refractivity contribution in [2.75, 3.05) is 23.7 Å². The third-order valence-corrected chi connectivity index (χ3v) is 2.59. The van der Waals surface area contributed by atoms with Crippen LogP contribution in [-0.4, -0.2) is 28.6 Å². The van der Waals surface area contributed by atoms with Gasteiger partial charge in [-0.05, 0) is 32.7 Å². The standard InChI is InChI=1S/C13H25N5/c1-10(2)8-15-11-7-12(17-9-16-11)18-13(3,4)5-6-14/h7,9-10H,5-6,8,14H2,1-4H3,(H2,15,16,17,18). The summed E-state index contributed by atoms with van der Waals surface area (Å²) in [5, 5.41) is 6.66. The third kappa shape index (κ3) is 5.31. The molecule has 1 aromatic heterocycles. The van der Waals surface area contributed by atoms with E-state index in [2.05, 4.69) is 48.3 Å². The third-order valence-electron chi connectivity index (χ3n) is 2.59. The number of aromatic nitrogens is 2. The number of nitrogens with one attached hydrogen (secondary N) is 2. The molecule has 102 valence electrons. The van der Waals surface area contributed by atoms with Gasteiger partial charge in [0.15, 0.2) is 0 Å². The summed E-state index contributed by atoms with van der Waals surface area (Å²) in [6, 6.07) is 1.93. The maximum absolute atomic E-state index is 5.59. The highest BCUT2D eigenvalue weighted by Gasteiger charge is 2.16. The molecule has 0 atom stereocenters. The molecule has 0 aromatic carbocycles. The van der Waals surface area contributed by atoms with Crippen molar-refractivity contribution in [3.05, 3.63) is 12.4 Å². The lowest BCUT2D eigenvalue weighted by atomic mass is 10.0. The van der Waals surface area contributed by atoms with Gasteiger partial charge >= 0.3 is 0 Å². The van der Waals surface area contributed by atoms with Crippen molar-refractivity contribution in [2.24, 2.45) is 11.7 Å². The van der Waals surface area contributed by atoms with E-state index in [4.69, 9.17) is 5.73 Å². The van der Waals surface area contributed by atoms with Gasteiger partial charge in [-0.2, -0.15) is 0 Å². The number of nitrogens with zero attached hydrogens (tertiary/aromatic N) is 2. The lowest BCUT2D eigenvalue weighted by molar-refractivity contribution is 0.524. The van der Waals surface area contributed by atoms with E-state index in [1.165, 1.54) is 0 Å². The van der Waals surface area contributed by atoms with Gasteiger partial charge in [0.05, 0.1) is 0 Å². The first kappa shape index (κ1) is 14.7. The summed E-state index contributed by atoms with van der Waals surface area (Å²) in [7, 11) is 0. The summed E-state index contributed by atoms with van der Waals surface area (Å²) in [4.78, 5) is 8.43. The molecule has 0 amide bonds. The molecule has 18 heavy (non-hydrogen) atoms. The van der Waals surface area contributed by atoms with Gasteiger partial charge < -0.3 is 16.4 Å². The fraction of sp³-hybridized carbons (Fsp3) is 0.692. The van der Waals surface area contributed by atoms with Crippen molar-refractivity contribution >= 4 is 11.6 Å². The summed E-state index contributed by atoms with van der Waals surface area (Å²) >= 11 is 0. The summed E-state index contributed by atoms with van der Waals surface area (Å²) in [6.45, 7) is 10.1. The molecule has 0 aliphatic carbocycles. The van der Waals surface area contributed by atoms with Crippen LogP contribution in [0.2, 0.25) is 0 Å². The van der Waals surface area contributed by atoms with Gasteiger partial charge in [0.25, 0.3) is 0 Å². The van der Waals surface area contributed by atoms with Crippen LogP contribution >= 0.6 is 0 Å². The fourth-order valence-electron chi connectivity index (χ4n) is 1.60. The van der Waals surface area contributed by atoms with Gasteiger partial charge in [-0.3, -0.25) is 0 Å². The second-order valence-corrected chi connectivity index (χ2v) is 5.61. The van der Waals surface area contributed by atoms with Crippen LogP contribution in [0.15, 0.2) is 12.4 Å². The van der Waals surface area contributed by atoms with Gasteiger partial charge in [0, 0.05) is 18.2 Å². The lowest BCUT2D eigenvalue weighted by Crippen LogP contribution is -2.33. The Labute approximate surface area is 110 Å². The van der Waals surface area contributed by atoms with E-state index in [1.54, 1.807) is 6.33 Å². The van der Waals surface area contributed by atoms with E-state index in [9.17, 15) is 0 Å². The zero-order valence-corrected chi connectivity index (χ0v) is 11.8. The van der Waals surface area contributed by atoms with Crippen molar-refractivity contribution in [1.82, 2.24) is 9.97 Å². The van der Waals surface area contributed by atoms with Crippen molar-refractivity contribution in [3.63, 3.8) is 0 Å². The Morgan fingerprint density at radius 1 is 1.28 bits per heavy atom. The van der Waals surface area contributed by atoms with Crippen LogP contribution in [0.1, 0.15) is 34.1 Å². The number of anilines is 2. The van der Waals surface area contributed by atoms with E-state index >= 15 is 0 Å². The Hall–Kier alpha value is -1.36. The average molecular weight is 251 g/mol. The molecule has 4 N–H and O–H groups in total. The van der Waals surface area contributed by atoms with E-state index in [1.807, 2.05) is 6.07 Å². The van der Waals surface area contributed by atoms with Crippen LogP contribution in [0.25, 0.3) is 0 Å². The van der Waals surface area contributed by atoms with Crippen molar-refractivity contribution in [2.45, 2.75) is 39.7 Å². The van der Waals surface area contributed by atoms with Crippen LogP contribution in [0, 0.1) is 5.92 Å². The molecule has 0 saturated heterocycles. The summed E-state index contributed by atoms with van der Waals surface area (Å²) in [6.07, 6.45) is 2.47. The molecule has 0 fully saturated rings. The Morgan fingerprint density at radius 3 is 2.56 bits per heavy atom. The molecule has 5 heteroatoms. The van der Waals surface area contributed by atoms with Gasteiger partial charge in [-0.25, -0.2) is 9.97 Å². The molecular weight excluding hydrogens is 226 g/mol. The molecule has 0 aliphatic rings. The Kier molecular flexibility index (Phi) is 5.34. The Morgan fingerprint density at radius 2 is 1.94 bits per heavy atom. The molecule has 1 heterocycles. The number of nitrogens with two attached hydrogens (primary N) is 1. The zero-order chi connectivity index (χ0) is 13.6. The molecular formula is C13H25N5. The summed E-state index contributed by atoms with van der Waals surface area (Å²) in [5.74, 6) is 2.27. The van der Waals surface area contributed by atoms with E-state index in [-0.39, 0.29) is 5.54 Å². The van der Waals surface area contributed by atoms with Gasteiger partial charge in [0.2, 0.25) is 0 Å². The first-order chi connectivity index (χ1) is 8.43. The fourth-order valence-corrected chi connectivity index (χ4v) is 1.60. The van der Waals surface area contributed by atoms with Crippen LogP contribution in [0.4, 0.5) is 11.6 Å². The monoisotopic (exact) mass is 251 g/mol. The molecule has 0 aliphatic heterocycles. The first-order valence-electron chi connectivity index (χ1n) is 6.47. The predicted octanol–water partition coefficient (Wildman–Crippen LogP) is 2.08. The zero-order valence-electron chi connectivity index (χ0n) is 11.8. The quantitative estimate of drug-likeness (QED) is 0.692. The largest absolute Gasteiger partial charge is 0.370 e. The van der Waals surface area contributed by atoms with Crippen molar-refractivity contribution < 1.29 is 0 Å². The van der Waals surface area contributed by atoms with Crippen molar-refractivity contribution in [1.29, 1.82) is 0 Å². The maximum atomic E-state index is 5.59. The number of rotatable bonds is 7. The molecule has 0 saturated carbocycles. The van der Waals surface area contributed by atoms with Gasteiger partial charge in [-0.1, -0.05) is 13.8 Å². The SMILES string of the molecule is CC(C)CNc1cc(NC(C)(C)CCN)ncn1. The maximum Gasteiger partial charge on any atom is 0.131 e. The highest BCUT2D eigenvalue weighted by Crippen LogP contribution is 2.17. The molecule has 0 bridgehead atoms. The van der Waals surface area contributed by atoms with E-state index in [0.717, 1.165) is 24.6 Å². The highest BCUT2D eigenvalue weighted by atomic mass is 15.1. The van der Waals surface area contributed by atoms with Crippen LogP contribution < -0.4 is 16.4 Å². The minimum atomic E-state index is -0.0571. The topological polar surface area (TPSA) is 75.9 Å². The second-order valence-electron chi connectivity index (χ2n) is 5.61. The van der Waals surface area contributed by atoms with E-state index in [0.29, 0.717) is 12.5 Å². The van der Waals surface area contributed by atoms with Crippen LogP contribution in [0.3, 0.4) is 0 Å². The minimum Gasteiger partial charge on any atom is -0.370 e. The molecule has 0 unspecified atom stereocenters. The second kappa shape index (κ2) is 6.54. The van der Waals surface area contributed by atoms with Gasteiger partial charge in [0.1, 0.15) is 18.0 Å². The molecule has 0 spiro atoms. The normalized spacial score (nSPS) is 11.7. The Bertz CT molecular complexity index is 362. The Balaban J connectivity index is 2.64. The molecule has 5 nitrogen and oxygen atoms in total. The highest BCUT2D eigenvalue weighted by molar-refractivity contribution is 5.47. The van der Waals surface area contributed by atoms with Crippen LogP contribution in [0.5, 0.6) is 0 Å². The number of hydrogen-bond acceptors (Lipinski definition) is 5. The van der Waals surface area contributed by atoms with E-state index < -0.39 is 0 Å². The summed E-state index contributed by atoms with van der Waals surface area (Å²) in [5.41, 5.74) is 5.54. The smallest absolute Gasteiger partial charge is 0.131 e.